The fourth-order valence-corrected chi connectivity index (χ4v) is 1.49. The van der Waals surface area contributed by atoms with E-state index in [0.717, 1.165) is 0 Å². The first kappa shape index (κ1) is 14.1. The molecule has 0 aliphatic rings. The molecule has 6 heteroatoms. The number of carbonyl (C=O) groups is 2. The lowest BCUT2D eigenvalue weighted by atomic mass is 10.1. The molecule has 1 amide bonds. The molecule has 5 nitrogen and oxygen atoms in total. The lowest BCUT2D eigenvalue weighted by molar-refractivity contribution is -0.137. The number of halogens is 1. The van der Waals surface area contributed by atoms with Gasteiger partial charge in [-0.15, -0.1) is 0 Å². The molecule has 0 aliphatic carbocycles. The second kappa shape index (κ2) is 6.68. The van der Waals surface area contributed by atoms with Gasteiger partial charge in [0.2, 0.25) is 5.95 Å². The van der Waals surface area contributed by atoms with Gasteiger partial charge in [0.25, 0.3) is 5.91 Å². The summed E-state index contributed by atoms with van der Waals surface area (Å²) in [6.45, 7) is 1.74. The van der Waals surface area contributed by atoms with Crippen LogP contribution in [0.3, 0.4) is 0 Å². The molecular weight excluding hydrogens is 239 g/mol. The van der Waals surface area contributed by atoms with Crippen molar-refractivity contribution < 1.29 is 19.1 Å². The predicted octanol–water partition coefficient (Wildman–Crippen LogP) is 1.59. The molecule has 1 rings (SSSR count). The number of carboxylic acids is 1. The van der Waals surface area contributed by atoms with Gasteiger partial charge in [0.05, 0.1) is 5.56 Å². The van der Waals surface area contributed by atoms with Crippen molar-refractivity contribution in [1.82, 2.24) is 10.3 Å². The minimum Gasteiger partial charge on any atom is -0.481 e. The van der Waals surface area contributed by atoms with Crippen molar-refractivity contribution in [2.24, 2.45) is 0 Å². The molecule has 1 heterocycles. The average Bonchev–Trinajstić information content (AvgIpc) is 2.28. The number of hydrogen-bond acceptors (Lipinski definition) is 3. The molecule has 0 aliphatic heterocycles. The SMILES string of the molecule is CC(CCCC(=O)O)NC(=O)c1cccnc1F. The highest BCUT2D eigenvalue weighted by Crippen LogP contribution is 2.05. The summed E-state index contributed by atoms with van der Waals surface area (Å²) in [5.41, 5.74) is -0.109. The maximum absolute atomic E-state index is 13.2. The van der Waals surface area contributed by atoms with Crippen LogP contribution in [0.15, 0.2) is 18.3 Å². The van der Waals surface area contributed by atoms with E-state index in [2.05, 4.69) is 10.3 Å². The fraction of sp³-hybridized carbons (Fsp3) is 0.417. The van der Waals surface area contributed by atoms with Crippen LogP contribution >= 0.6 is 0 Å². The van der Waals surface area contributed by atoms with Crippen LogP contribution in [-0.4, -0.2) is 28.0 Å². The molecule has 0 aromatic carbocycles. The first-order valence-electron chi connectivity index (χ1n) is 5.64. The van der Waals surface area contributed by atoms with Crippen molar-refractivity contribution in [3.8, 4) is 0 Å². The highest BCUT2D eigenvalue weighted by atomic mass is 19.1. The van der Waals surface area contributed by atoms with E-state index in [1.807, 2.05) is 0 Å². The molecule has 0 bridgehead atoms. The third-order valence-corrected chi connectivity index (χ3v) is 2.41. The van der Waals surface area contributed by atoms with E-state index in [1.165, 1.54) is 18.3 Å². The fourth-order valence-electron chi connectivity index (χ4n) is 1.49. The van der Waals surface area contributed by atoms with Gasteiger partial charge in [0.1, 0.15) is 0 Å². The van der Waals surface area contributed by atoms with Gasteiger partial charge in [-0.3, -0.25) is 9.59 Å². The zero-order chi connectivity index (χ0) is 13.5. The second-order valence-corrected chi connectivity index (χ2v) is 4.00. The molecule has 0 fully saturated rings. The van der Waals surface area contributed by atoms with Crippen LogP contribution in [0.1, 0.15) is 36.5 Å². The van der Waals surface area contributed by atoms with Gasteiger partial charge < -0.3 is 10.4 Å². The third kappa shape index (κ3) is 4.48. The van der Waals surface area contributed by atoms with Crippen molar-refractivity contribution in [1.29, 1.82) is 0 Å². The monoisotopic (exact) mass is 254 g/mol. The first-order chi connectivity index (χ1) is 8.50. The van der Waals surface area contributed by atoms with E-state index >= 15 is 0 Å². The van der Waals surface area contributed by atoms with Crippen LogP contribution in [0, 0.1) is 5.95 Å². The number of carbonyl (C=O) groups excluding carboxylic acids is 1. The molecule has 1 aromatic rings. The summed E-state index contributed by atoms with van der Waals surface area (Å²) in [6.07, 6.45) is 2.32. The summed E-state index contributed by atoms with van der Waals surface area (Å²) in [5.74, 6) is -2.22. The number of nitrogens with one attached hydrogen (secondary N) is 1. The van der Waals surface area contributed by atoms with Gasteiger partial charge in [-0.1, -0.05) is 0 Å². The van der Waals surface area contributed by atoms with Crippen molar-refractivity contribution in [3.63, 3.8) is 0 Å². The molecule has 0 saturated heterocycles. The molecule has 18 heavy (non-hydrogen) atoms. The smallest absolute Gasteiger partial charge is 0.303 e. The van der Waals surface area contributed by atoms with Gasteiger partial charge in [0, 0.05) is 18.7 Å². The predicted molar refractivity (Wildman–Crippen MR) is 62.6 cm³/mol. The molecular formula is C12H15FN2O3. The minimum absolute atomic E-state index is 0.0570. The maximum Gasteiger partial charge on any atom is 0.303 e. The number of nitrogens with zero attached hydrogens (tertiary/aromatic N) is 1. The van der Waals surface area contributed by atoms with Crippen molar-refractivity contribution >= 4 is 11.9 Å². The van der Waals surface area contributed by atoms with E-state index in [-0.39, 0.29) is 18.0 Å². The maximum atomic E-state index is 13.2. The Morgan fingerprint density at radius 3 is 2.89 bits per heavy atom. The Morgan fingerprint density at radius 2 is 2.28 bits per heavy atom. The summed E-state index contributed by atoms with van der Waals surface area (Å²) in [7, 11) is 0. The summed E-state index contributed by atoms with van der Waals surface area (Å²) < 4.78 is 13.2. The number of aliphatic carboxylic acids is 1. The lowest BCUT2D eigenvalue weighted by Crippen LogP contribution is -2.33. The van der Waals surface area contributed by atoms with Crippen LogP contribution < -0.4 is 5.32 Å². The minimum atomic E-state index is -0.869. The number of pyridine rings is 1. The van der Waals surface area contributed by atoms with Crippen molar-refractivity contribution in [2.75, 3.05) is 0 Å². The second-order valence-electron chi connectivity index (χ2n) is 4.00. The Hall–Kier alpha value is -1.98. The number of aromatic nitrogens is 1. The van der Waals surface area contributed by atoms with Crippen molar-refractivity contribution in [3.05, 3.63) is 29.8 Å². The number of hydrogen-bond donors (Lipinski definition) is 2. The van der Waals surface area contributed by atoms with Crippen LogP contribution in [0.25, 0.3) is 0 Å². The molecule has 1 unspecified atom stereocenters. The summed E-state index contributed by atoms with van der Waals surface area (Å²) in [6, 6.07) is 2.62. The average molecular weight is 254 g/mol. The standard InChI is InChI=1S/C12H15FN2O3/c1-8(4-2-6-10(16)17)15-12(18)9-5-3-7-14-11(9)13/h3,5,7-8H,2,4,6H2,1H3,(H,15,18)(H,16,17). The van der Waals surface area contributed by atoms with Gasteiger partial charge >= 0.3 is 5.97 Å². The van der Waals surface area contributed by atoms with Crippen LogP contribution in [-0.2, 0) is 4.79 Å². The molecule has 98 valence electrons. The number of rotatable bonds is 6. The van der Waals surface area contributed by atoms with Gasteiger partial charge in [0.15, 0.2) is 0 Å². The van der Waals surface area contributed by atoms with Gasteiger partial charge in [-0.2, -0.15) is 4.39 Å². The molecule has 0 radical (unpaired) electrons. The Balaban J connectivity index is 2.45. The van der Waals surface area contributed by atoms with E-state index < -0.39 is 17.8 Å². The van der Waals surface area contributed by atoms with E-state index in [9.17, 15) is 14.0 Å². The zero-order valence-electron chi connectivity index (χ0n) is 10.0. The van der Waals surface area contributed by atoms with Crippen molar-refractivity contribution in [2.45, 2.75) is 32.2 Å². The normalized spacial score (nSPS) is 11.9. The first-order valence-corrected chi connectivity index (χ1v) is 5.64. The summed E-state index contributed by atoms with van der Waals surface area (Å²) >= 11 is 0. The molecule has 2 N–H and O–H groups in total. The molecule has 0 saturated carbocycles. The Bertz CT molecular complexity index is 437. The quantitative estimate of drug-likeness (QED) is 0.755. The van der Waals surface area contributed by atoms with Gasteiger partial charge in [-0.05, 0) is 31.9 Å². The largest absolute Gasteiger partial charge is 0.481 e. The van der Waals surface area contributed by atoms with Crippen LogP contribution in [0.4, 0.5) is 4.39 Å². The summed E-state index contributed by atoms with van der Waals surface area (Å²) in [5, 5.41) is 11.1. The Morgan fingerprint density at radius 1 is 1.56 bits per heavy atom. The Labute approximate surface area is 104 Å². The highest BCUT2D eigenvalue weighted by molar-refractivity contribution is 5.94. The topological polar surface area (TPSA) is 79.3 Å². The highest BCUT2D eigenvalue weighted by Gasteiger charge is 2.14. The molecule has 1 atom stereocenters. The van der Waals surface area contributed by atoms with Crippen LogP contribution in [0.5, 0.6) is 0 Å². The van der Waals surface area contributed by atoms with E-state index in [0.29, 0.717) is 12.8 Å². The molecule has 0 spiro atoms. The summed E-state index contributed by atoms with van der Waals surface area (Å²) in [4.78, 5) is 25.4. The van der Waals surface area contributed by atoms with E-state index in [1.54, 1.807) is 6.92 Å². The molecule has 1 aromatic heterocycles. The Kier molecular flexibility index (Phi) is 5.23. The zero-order valence-corrected chi connectivity index (χ0v) is 10.0. The van der Waals surface area contributed by atoms with Gasteiger partial charge in [-0.25, -0.2) is 4.98 Å². The van der Waals surface area contributed by atoms with E-state index in [4.69, 9.17) is 5.11 Å². The number of carboxylic acid groups (broad SMARTS) is 1. The lowest BCUT2D eigenvalue weighted by Gasteiger charge is -2.13. The number of amides is 1. The van der Waals surface area contributed by atoms with Crippen LogP contribution in [0.2, 0.25) is 0 Å². The third-order valence-electron chi connectivity index (χ3n) is 2.41.